The van der Waals surface area contributed by atoms with E-state index in [0.29, 0.717) is 12.8 Å². The van der Waals surface area contributed by atoms with E-state index < -0.39 is 26.8 Å². The number of terminal acetylenes is 1. The highest BCUT2D eigenvalue weighted by molar-refractivity contribution is 8.17. The molecule has 0 aliphatic rings. The van der Waals surface area contributed by atoms with Crippen LogP contribution in [0.4, 0.5) is 0 Å². The van der Waals surface area contributed by atoms with Gasteiger partial charge in [-0.25, -0.2) is 0 Å². The Bertz CT molecular complexity index is 818. The van der Waals surface area contributed by atoms with E-state index in [1.165, 1.54) is 11.1 Å². The van der Waals surface area contributed by atoms with Crippen LogP contribution in [0.25, 0.3) is 0 Å². The summed E-state index contributed by atoms with van der Waals surface area (Å²) in [7, 11) is 0. The molecule has 168 valence electrons. The van der Waals surface area contributed by atoms with E-state index in [2.05, 4.69) is 68.3 Å². The maximum atomic E-state index is 13.5. The van der Waals surface area contributed by atoms with Gasteiger partial charge in [0, 0.05) is 16.2 Å². The zero-order valence-electron chi connectivity index (χ0n) is 19.3. The first-order chi connectivity index (χ1) is 14.5. The second-order valence-corrected chi connectivity index (χ2v) is 14.1. The van der Waals surface area contributed by atoms with Crippen molar-refractivity contribution in [2.24, 2.45) is 0 Å². The Hall–Kier alpha value is -1.03. The molecule has 0 aliphatic heterocycles. The molecule has 0 saturated heterocycles. The van der Waals surface area contributed by atoms with Gasteiger partial charge in [0.1, 0.15) is 4.75 Å². The number of rotatable bonds is 9. The van der Waals surface area contributed by atoms with Gasteiger partial charge in [-0.2, -0.15) is 0 Å². The average Bonchev–Trinajstić information content (AvgIpc) is 2.73. The van der Waals surface area contributed by atoms with Crippen molar-refractivity contribution in [1.29, 1.82) is 0 Å². The fourth-order valence-corrected chi connectivity index (χ4v) is 7.82. The van der Waals surface area contributed by atoms with Crippen molar-refractivity contribution in [3.63, 3.8) is 0 Å². The summed E-state index contributed by atoms with van der Waals surface area (Å²) in [4.78, 5) is 2.30. The third-order valence-corrected chi connectivity index (χ3v) is 10.1. The van der Waals surface area contributed by atoms with Crippen LogP contribution in [-0.4, -0.2) is 29.8 Å². The van der Waals surface area contributed by atoms with Crippen molar-refractivity contribution in [2.45, 2.75) is 84.4 Å². The Morgan fingerprint density at radius 2 is 1.39 bits per heavy atom. The van der Waals surface area contributed by atoms with Crippen molar-refractivity contribution in [1.82, 2.24) is 0 Å². The van der Waals surface area contributed by atoms with E-state index in [-0.39, 0.29) is 4.58 Å². The van der Waals surface area contributed by atoms with Gasteiger partial charge in [0.15, 0.2) is 10.9 Å². The molecule has 0 aromatic heterocycles. The second kappa shape index (κ2) is 11.2. The van der Waals surface area contributed by atoms with E-state index in [0.717, 1.165) is 9.79 Å². The monoisotopic (exact) mass is 474 g/mol. The summed E-state index contributed by atoms with van der Waals surface area (Å²) in [5.41, 5.74) is 1.02. The Labute approximate surface area is 200 Å². The third kappa shape index (κ3) is 7.51. The predicted molar refractivity (Wildman–Crippen MR) is 138 cm³/mol. The Balaban J connectivity index is 2.39. The summed E-state index contributed by atoms with van der Waals surface area (Å²) in [6.07, 6.45) is 6.67. The SMILES string of the molecule is C#C[C@@](O)(CC)C(CC(Sc1ccc(C)cc1)Sc1ccc(C)cc1)[S@@+]([O-])C(C)(C)C. The molecule has 0 bridgehead atoms. The predicted octanol–water partition coefficient (Wildman–Crippen LogP) is 6.59. The van der Waals surface area contributed by atoms with Crippen LogP contribution in [0.1, 0.15) is 51.7 Å². The highest BCUT2D eigenvalue weighted by Crippen LogP contribution is 2.43. The first-order valence-corrected chi connectivity index (χ1v) is 13.5. The molecule has 2 rings (SSSR count). The zero-order valence-corrected chi connectivity index (χ0v) is 21.8. The van der Waals surface area contributed by atoms with E-state index in [4.69, 9.17) is 6.42 Å². The molecule has 31 heavy (non-hydrogen) atoms. The summed E-state index contributed by atoms with van der Waals surface area (Å²) < 4.78 is 13.1. The molecule has 0 amide bonds. The van der Waals surface area contributed by atoms with Crippen LogP contribution in [0.2, 0.25) is 0 Å². The van der Waals surface area contributed by atoms with Crippen LogP contribution in [0.15, 0.2) is 58.3 Å². The Morgan fingerprint density at radius 3 is 1.71 bits per heavy atom. The molecule has 2 aromatic rings. The fourth-order valence-electron chi connectivity index (χ4n) is 3.14. The van der Waals surface area contributed by atoms with Crippen molar-refractivity contribution >= 4 is 34.7 Å². The smallest absolute Gasteiger partial charge is 0.172 e. The first-order valence-electron chi connectivity index (χ1n) is 10.6. The summed E-state index contributed by atoms with van der Waals surface area (Å²) in [5.74, 6) is 2.57. The average molecular weight is 475 g/mol. The second-order valence-electron chi connectivity index (χ2n) is 8.85. The number of hydrogen-bond acceptors (Lipinski definition) is 4. The minimum absolute atomic E-state index is 0.0492. The van der Waals surface area contributed by atoms with E-state index in [1.54, 1.807) is 23.5 Å². The van der Waals surface area contributed by atoms with Gasteiger partial charge in [0.25, 0.3) is 0 Å². The maximum absolute atomic E-state index is 13.5. The van der Waals surface area contributed by atoms with Crippen molar-refractivity contribution in [3.8, 4) is 12.3 Å². The number of aryl methyl sites for hydroxylation is 2. The molecule has 5 heteroatoms. The van der Waals surface area contributed by atoms with Gasteiger partial charge in [-0.1, -0.05) is 48.2 Å². The number of benzene rings is 2. The Morgan fingerprint density at radius 1 is 0.968 bits per heavy atom. The maximum Gasteiger partial charge on any atom is 0.172 e. The van der Waals surface area contributed by atoms with Crippen LogP contribution in [-0.2, 0) is 11.2 Å². The molecule has 0 aliphatic carbocycles. The van der Waals surface area contributed by atoms with Crippen LogP contribution in [0, 0.1) is 26.2 Å². The molecule has 0 spiro atoms. The largest absolute Gasteiger partial charge is 0.616 e. The van der Waals surface area contributed by atoms with Crippen LogP contribution >= 0.6 is 23.5 Å². The van der Waals surface area contributed by atoms with Gasteiger partial charge in [-0.3, -0.25) is 0 Å². The molecule has 0 radical (unpaired) electrons. The van der Waals surface area contributed by atoms with E-state index in [1.807, 2.05) is 27.7 Å². The van der Waals surface area contributed by atoms with Gasteiger partial charge >= 0.3 is 0 Å². The summed E-state index contributed by atoms with van der Waals surface area (Å²) in [5, 5.41) is 10.7. The first kappa shape index (κ1) is 26.2. The van der Waals surface area contributed by atoms with Gasteiger partial charge in [0.2, 0.25) is 0 Å². The number of aliphatic hydroxyl groups is 1. The standard InChI is InChI=1S/C26H34O2S3/c1-8-26(27,9-2)23(31(28)25(5,6)7)18-24(29-21-14-10-19(3)11-15-21)30-22-16-12-20(4)13-17-22/h1,10-17,23-24,27H,9,18H2,2-7H3/t23?,26-,31-/m1/s1. The lowest BCUT2D eigenvalue weighted by molar-refractivity contribution is 0.0893. The van der Waals surface area contributed by atoms with Gasteiger partial charge in [0.05, 0.1) is 4.58 Å². The lowest BCUT2D eigenvalue weighted by atomic mass is 9.95. The normalized spacial score (nSPS) is 15.9. The van der Waals surface area contributed by atoms with Crippen molar-refractivity contribution < 1.29 is 9.66 Å². The zero-order chi connectivity index (χ0) is 23.2. The minimum atomic E-state index is -1.40. The Kier molecular flexibility index (Phi) is 9.48. The fraction of sp³-hybridized carbons (Fsp3) is 0.462. The van der Waals surface area contributed by atoms with E-state index in [9.17, 15) is 9.66 Å². The minimum Gasteiger partial charge on any atom is -0.616 e. The lowest BCUT2D eigenvalue weighted by Gasteiger charge is -2.39. The van der Waals surface area contributed by atoms with E-state index >= 15 is 0 Å². The van der Waals surface area contributed by atoms with Crippen molar-refractivity contribution in [3.05, 3.63) is 59.7 Å². The van der Waals surface area contributed by atoms with Gasteiger partial charge < -0.3 is 9.66 Å². The molecule has 1 N–H and O–H groups in total. The van der Waals surface area contributed by atoms with Crippen LogP contribution in [0.3, 0.4) is 0 Å². The third-order valence-electron chi connectivity index (χ3n) is 5.17. The van der Waals surface area contributed by atoms with Crippen molar-refractivity contribution in [2.75, 3.05) is 0 Å². The van der Waals surface area contributed by atoms with Crippen LogP contribution in [0.5, 0.6) is 0 Å². The molecular formula is C26H34O2S3. The van der Waals surface area contributed by atoms with Crippen LogP contribution < -0.4 is 0 Å². The number of thioether (sulfide) groups is 2. The van der Waals surface area contributed by atoms with Gasteiger partial charge in [-0.05, 0) is 76.5 Å². The highest BCUT2D eigenvalue weighted by Gasteiger charge is 2.47. The van der Waals surface area contributed by atoms with Gasteiger partial charge in [-0.15, -0.1) is 29.9 Å². The molecule has 2 aromatic carbocycles. The summed E-state index contributed by atoms with van der Waals surface area (Å²) in [6.45, 7) is 11.8. The molecule has 3 atom stereocenters. The molecule has 2 nitrogen and oxygen atoms in total. The quantitative estimate of drug-likeness (QED) is 0.193. The molecule has 0 fully saturated rings. The number of hydrogen-bond donors (Lipinski definition) is 1. The molecular weight excluding hydrogens is 440 g/mol. The molecule has 0 heterocycles. The highest BCUT2D eigenvalue weighted by atomic mass is 32.2. The summed E-state index contributed by atoms with van der Waals surface area (Å²) in [6, 6.07) is 16.9. The molecule has 0 saturated carbocycles. The molecule has 1 unspecified atom stereocenters. The topological polar surface area (TPSA) is 43.3 Å². The lowest BCUT2D eigenvalue weighted by Crippen LogP contribution is -2.52. The summed E-state index contributed by atoms with van der Waals surface area (Å²) >= 11 is 2.17.